The van der Waals surface area contributed by atoms with Crippen molar-refractivity contribution in [3.05, 3.63) is 34.4 Å². The van der Waals surface area contributed by atoms with E-state index in [-0.39, 0.29) is 5.97 Å². The minimum absolute atomic E-state index is 0.224. The van der Waals surface area contributed by atoms with Gasteiger partial charge in [0, 0.05) is 20.4 Å². The number of aromatic nitrogens is 1. The second-order valence-electron chi connectivity index (χ2n) is 3.79. The predicted octanol–water partition coefficient (Wildman–Crippen LogP) is 3.57. The largest absolute Gasteiger partial charge is 0.468 e. The molecule has 94 valence electrons. The molecule has 18 heavy (non-hydrogen) atoms. The van der Waals surface area contributed by atoms with Gasteiger partial charge in [-0.25, -0.2) is 0 Å². The van der Waals surface area contributed by atoms with Gasteiger partial charge in [0.1, 0.15) is 0 Å². The Kier molecular flexibility index (Phi) is 4.24. The molecule has 0 aliphatic carbocycles. The number of rotatable bonds is 3. The zero-order valence-electron chi connectivity index (χ0n) is 10.1. The van der Waals surface area contributed by atoms with Crippen LogP contribution in [-0.2, 0) is 9.53 Å². The van der Waals surface area contributed by atoms with Crippen molar-refractivity contribution >= 4 is 44.6 Å². The molecule has 0 atom stereocenters. The Labute approximate surface area is 118 Å². The first-order valence-corrected chi connectivity index (χ1v) is 7.14. The normalized spacial score (nSPS) is 10.6. The van der Waals surface area contributed by atoms with E-state index in [0.29, 0.717) is 5.75 Å². The lowest BCUT2D eigenvalue weighted by Crippen LogP contribution is -2.03. The van der Waals surface area contributed by atoms with E-state index in [9.17, 15) is 4.79 Å². The van der Waals surface area contributed by atoms with E-state index >= 15 is 0 Å². The van der Waals surface area contributed by atoms with Gasteiger partial charge in [-0.3, -0.25) is 9.78 Å². The molecule has 1 heterocycles. The Morgan fingerprint density at radius 1 is 1.44 bits per heavy atom. The first kappa shape index (κ1) is 13.4. The molecule has 1 aromatic carbocycles. The van der Waals surface area contributed by atoms with Crippen molar-refractivity contribution in [3.63, 3.8) is 0 Å². The SMILES string of the molecule is COC(=O)CSc1cc(C)nc2ccc(Br)cc12. The highest BCUT2D eigenvalue weighted by molar-refractivity contribution is 9.10. The lowest BCUT2D eigenvalue weighted by atomic mass is 10.2. The van der Waals surface area contributed by atoms with Gasteiger partial charge in [-0.2, -0.15) is 0 Å². The fraction of sp³-hybridized carbons (Fsp3) is 0.231. The van der Waals surface area contributed by atoms with E-state index in [0.717, 1.165) is 26.0 Å². The molecule has 1 aromatic heterocycles. The van der Waals surface area contributed by atoms with Crippen molar-refractivity contribution in [2.45, 2.75) is 11.8 Å². The number of aryl methyl sites for hydroxylation is 1. The van der Waals surface area contributed by atoms with E-state index in [2.05, 4.69) is 25.7 Å². The van der Waals surface area contributed by atoms with Crippen LogP contribution in [0.1, 0.15) is 5.69 Å². The Morgan fingerprint density at radius 2 is 2.22 bits per heavy atom. The number of pyridine rings is 1. The number of methoxy groups -OCH3 is 1. The van der Waals surface area contributed by atoms with Gasteiger partial charge in [-0.05, 0) is 31.2 Å². The summed E-state index contributed by atoms with van der Waals surface area (Å²) in [5, 5.41) is 1.05. The van der Waals surface area contributed by atoms with Crippen molar-refractivity contribution in [1.29, 1.82) is 0 Å². The predicted molar refractivity (Wildman–Crippen MR) is 76.9 cm³/mol. The first-order valence-electron chi connectivity index (χ1n) is 5.36. The van der Waals surface area contributed by atoms with E-state index in [4.69, 9.17) is 0 Å². The van der Waals surface area contributed by atoms with Crippen molar-refractivity contribution < 1.29 is 9.53 Å². The van der Waals surface area contributed by atoms with Crippen LogP contribution < -0.4 is 0 Å². The summed E-state index contributed by atoms with van der Waals surface area (Å²) in [5.41, 5.74) is 1.88. The molecule has 0 spiro atoms. The maximum absolute atomic E-state index is 11.2. The van der Waals surface area contributed by atoms with Crippen molar-refractivity contribution in [3.8, 4) is 0 Å². The highest BCUT2D eigenvalue weighted by Gasteiger charge is 2.08. The molecule has 0 fully saturated rings. The van der Waals surface area contributed by atoms with Crippen LogP contribution >= 0.6 is 27.7 Å². The third kappa shape index (κ3) is 3.03. The third-order valence-corrected chi connectivity index (χ3v) is 3.96. The average molecular weight is 326 g/mol. The topological polar surface area (TPSA) is 39.2 Å². The molecule has 0 saturated heterocycles. The second kappa shape index (κ2) is 5.71. The van der Waals surface area contributed by atoms with Crippen LogP contribution in [0.4, 0.5) is 0 Å². The van der Waals surface area contributed by atoms with Gasteiger partial charge in [-0.1, -0.05) is 15.9 Å². The van der Waals surface area contributed by atoms with Gasteiger partial charge in [0.25, 0.3) is 0 Å². The van der Waals surface area contributed by atoms with Gasteiger partial charge >= 0.3 is 5.97 Å². The standard InChI is InChI=1S/C13H12BrNO2S/c1-8-5-12(18-7-13(16)17-2)10-6-9(14)3-4-11(10)15-8/h3-6H,7H2,1-2H3. The third-order valence-electron chi connectivity index (χ3n) is 2.43. The van der Waals surface area contributed by atoms with Crippen LogP contribution in [0.3, 0.4) is 0 Å². The molecule has 0 N–H and O–H groups in total. The van der Waals surface area contributed by atoms with Crippen LogP contribution in [0, 0.1) is 6.92 Å². The number of hydrogen-bond acceptors (Lipinski definition) is 4. The number of carbonyl (C=O) groups excluding carboxylic acids is 1. The Morgan fingerprint density at radius 3 is 2.94 bits per heavy atom. The lowest BCUT2D eigenvalue weighted by Gasteiger charge is -2.07. The highest BCUT2D eigenvalue weighted by atomic mass is 79.9. The summed E-state index contributed by atoms with van der Waals surface area (Å²) >= 11 is 4.92. The molecule has 2 aromatic rings. The molecule has 0 amide bonds. The Bertz CT molecular complexity index is 601. The summed E-state index contributed by atoms with van der Waals surface area (Å²) in [5.74, 6) is 0.0827. The van der Waals surface area contributed by atoms with E-state index in [1.165, 1.54) is 18.9 Å². The molecule has 3 nitrogen and oxygen atoms in total. The van der Waals surface area contributed by atoms with E-state index < -0.39 is 0 Å². The quantitative estimate of drug-likeness (QED) is 0.638. The Hall–Kier alpha value is -1.07. The molecule has 0 radical (unpaired) electrons. The molecule has 5 heteroatoms. The Balaban J connectivity index is 2.41. The van der Waals surface area contributed by atoms with Gasteiger partial charge in [0.2, 0.25) is 0 Å². The van der Waals surface area contributed by atoms with Crippen LogP contribution in [0.15, 0.2) is 33.6 Å². The maximum Gasteiger partial charge on any atom is 0.315 e. The highest BCUT2D eigenvalue weighted by Crippen LogP contribution is 2.30. The minimum atomic E-state index is -0.224. The summed E-state index contributed by atoms with van der Waals surface area (Å²) in [6.45, 7) is 1.95. The molecule has 2 rings (SSSR count). The zero-order chi connectivity index (χ0) is 13.1. The summed E-state index contributed by atoms with van der Waals surface area (Å²) < 4.78 is 5.65. The molecule has 0 unspecified atom stereocenters. The molecule has 0 aliphatic rings. The van der Waals surface area contributed by atoms with E-state index in [1.807, 2.05) is 31.2 Å². The molecular formula is C13H12BrNO2S. The van der Waals surface area contributed by atoms with E-state index in [1.54, 1.807) is 0 Å². The number of hydrogen-bond donors (Lipinski definition) is 0. The average Bonchev–Trinajstić information content (AvgIpc) is 2.36. The second-order valence-corrected chi connectivity index (χ2v) is 5.72. The lowest BCUT2D eigenvalue weighted by molar-refractivity contribution is -0.137. The summed E-state index contributed by atoms with van der Waals surface area (Å²) in [6, 6.07) is 7.93. The summed E-state index contributed by atoms with van der Waals surface area (Å²) in [6.07, 6.45) is 0. The molecule has 0 bridgehead atoms. The van der Waals surface area contributed by atoms with Crippen LogP contribution in [-0.4, -0.2) is 23.8 Å². The first-order chi connectivity index (χ1) is 8.60. The maximum atomic E-state index is 11.2. The molecule has 0 saturated carbocycles. The number of thioether (sulfide) groups is 1. The molecule has 0 aliphatic heterocycles. The number of esters is 1. The number of carbonyl (C=O) groups is 1. The monoisotopic (exact) mass is 325 g/mol. The van der Waals surface area contributed by atoms with Gasteiger partial charge in [0.05, 0.1) is 18.4 Å². The minimum Gasteiger partial charge on any atom is -0.468 e. The number of fused-ring (bicyclic) bond motifs is 1. The van der Waals surface area contributed by atoms with Crippen LogP contribution in [0.25, 0.3) is 10.9 Å². The van der Waals surface area contributed by atoms with Crippen LogP contribution in [0.2, 0.25) is 0 Å². The number of nitrogens with zero attached hydrogens (tertiary/aromatic N) is 1. The zero-order valence-corrected chi connectivity index (χ0v) is 12.5. The van der Waals surface area contributed by atoms with Gasteiger partial charge in [-0.15, -0.1) is 11.8 Å². The number of benzene rings is 1. The van der Waals surface area contributed by atoms with Gasteiger partial charge < -0.3 is 4.74 Å². The number of ether oxygens (including phenoxy) is 1. The smallest absolute Gasteiger partial charge is 0.315 e. The number of halogens is 1. The van der Waals surface area contributed by atoms with Crippen molar-refractivity contribution in [1.82, 2.24) is 4.98 Å². The molecular weight excluding hydrogens is 314 g/mol. The fourth-order valence-electron chi connectivity index (χ4n) is 1.61. The van der Waals surface area contributed by atoms with Crippen molar-refractivity contribution in [2.75, 3.05) is 12.9 Å². The summed E-state index contributed by atoms with van der Waals surface area (Å²) in [7, 11) is 1.40. The fourth-order valence-corrected chi connectivity index (χ4v) is 2.93. The van der Waals surface area contributed by atoms with Crippen LogP contribution in [0.5, 0.6) is 0 Å². The van der Waals surface area contributed by atoms with Crippen molar-refractivity contribution in [2.24, 2.45) is 0 Å². The summed E-state index contributed by atoms with van der Waals surface area (Å²) in [4.78, 5) is 16.7. The van der Waals surface area contributed by atoms with Gasteiger partial charge in [0.15, 0.2) is 0 Å².